The molecule has 1 fully saturated rings. The van der Waals surface area contributed by atoms with Gasteiger partial charge in [0.15, 0.2) is 0 Å². The van der Waals surface area contributed by atoms with Crippen molar-refractivity contribution in [3.05, 3.63) is 115 Å². The summed E-state index contributed by atoms with van der Waals surface area (Å²) >= 11 is 7.31. The highest BCUT2D eigenvalue weighted by Crippen LogP contribution is 2.37. The second kappa shape index (κ2) is 9.64. The molecule has 0 saturated carbocycles. The van der Waals surface area contributed by atoms with Gasteiger partial charge in [-0.1, -0.05) is 60.1 Å². The van der Waals surface area contributed by atoms with Gasteiger partial charge >= 0.3 is 0 Å². The van der Waals surface area contributed by atoms with Crippen LogP contribution in [0.4, 0.5) is 10.5 Å². The van der Waals surface area contributed by atoms with Crippen LogP contribution in [0.5, 0.6) is 0 Å². The van der Waals surface area contributed by atoms with E-state index in [9.17, 15) is 19.7 Å². The topological polar surface area (TPSA) is 85.5 Å². The Morgan fingerprint density at radius 2 is 1.67 bits per heavy atom. The highest BCUT2D eigenvalue weighted by atomic mass is 35.5. The molecule has 0 aliphatic carbocycles. The van der Waals surface area contributed by atoms with Crippen LogP contribution >= 0.6 is 23.4 Å². The van der Waals surface area contributed by atoms with E-state index in [0.717, 1.165) is 44.4 Å². The van der Waals surface area contributed by atoms with E-state index >= 15 is 0 Å². The SMILES string of the molecule is Cc1c(/C=C2\SC(=O)N(Cc3ccc([N+](=O)[O-])cc3)C2=O)c2ccccc2n1Cc1ccccc1Cl. The molecule has 0 unspecified atom stereocenters. The van der Waals surface area contributed by atoms with Gasteiger partial charge in [-0.3, -0.25) is 24.6 Å². The maximum Gasteiger partial charge on any atom is 0.293 e. The summed E-state index contributed by atoms with van der Waals surface area (Å²) in [6.07, 6.45) is 1.78. The van der Waals surface area contributed by atoms with Crippen LogP contribution in [-0.4, -0.2) is 25.5 Å². The average molecular weight is 518 g/mol. The van der Waals surface area contributed by atoms with Gasteiger partial charge in [0.05, 0.1) is 16.4 Å². The van der Waals surface area contributed by atoms with Crippen LogP contribution in [0, 0.1) is 17.0 Å². The third kappa shape index (κ3) is 4.41. The number of fused-ring (bicyclic) bond motifs is 1. The van der Waals surface area contributed by atoms with Gasteiger partial charge in [-0.05, 0) is 48.0 Å². The highest BCUT2D eigenvalue weighted by molar-refractivity contribution is 8.18. The molecular formula is C27H20ClN3O4S. The summed E-state index contributed by atoms with van der Waals surface area (Å²) < 4.78 is 2.16. The quantitative estimate of drug-likeness (QED) is 0.159. The third-order valence-corrected chi connectivity index (χ3v) is 7.48. The van der Waals surface area contributed by atoms with E-state index < -0.39 is 4.92 Å². The van der Waals surface area contributed by atoms with Crippen LogP contribution in [0.25, 0.3) is 17.0 Å². The van der Waals surface area contributed by atoms with Gasteiger partial charge in [0.25, 0.3) is 16.8 Å². The largest absolute Gasteiger partial charge is 0.340 e. The van der Waals surface area contributed by atoms with E-state index in [1.165, 1.54) is 12.1 Å². The molecule has 4 aromatic rings. The molecule has 0 atom stereocenters. The summed E-state index contributed by atoms with van der Waals surface area (Å²) in [5, 5.41) is 12.2. The number of benzene rings is 3. The molecule has 5 rings (SSSR count). The van der Waals surface area contributed by atoms with Crippen molar-refractivity contribution < 1.29 is 14.5 Å². The number of imide groups is 1. The molecule has 0 N–H and O–H groups in total. The van der Waals surface area contributed by atoms with Gasteiger partial charge < -0.3 is 4.57 Å². The smallest absolute Gasteiger partial charge is 0.293 e. The molecule has 36 heavy (non-hydrogen) atoms. The summed E-state index contributed by atoms with van der Waals surface area (Å²) in [6, 6.07) is 21.5. The molecule has 0 bridgehead atoms. The number of thioether (sulfide) groups is 1. The molecular weight excluding hydrogens is 498 g/mol. The number of para-hydroxylation sites is 1. The molecule has 2 amide bonds. The Morgan fingerprint density at radius 3 is 2.39 bits per heavy atom. The van der Waals surface area contributed by atoms with Crippen molar-refractivity contribution in [3.63, 3.8) is 0 Å². The van der Waals surface area contributed by atoms with Crippen molar-refractivity contribution in [1.29, 1.82) is 0 Å². The number of hydrogen-bond acceptors (Lipinski definition) is 5. The molecule has 1 aliphatic rings. The lowest BCUT2D eigenvalue weighted by Gasteiger charge is -2.12. The van der Waals surface area contributed by atoms with E-state index in [0.29, 0.717) is 22.0 Å². The number of nitro groups is 1. The number of aromatic nitrogens is 1. The van der Waals surface area contributed by atoms with Gasteiger partial charge in [0.2, 0.25) is 0 Å². The Labute approximate surface area is 216 Å². The van der Waals surface area contributed by atoms with Gasteiger partial charge in [0, 0.05) is 45.9 Å². The van der Waals surface area contributed by atoms with Gasteiger partial charge in [-0.15, -0.1) is 0 Å². The molecule has 1 aromatic heterocycles. The molecule has 180 valence electrons. The van der Waals surface area contributed by atoms with E-state index in [2.05, 4.69) is 4.57 Å². The van der Waals surface area contributed by atoms with Crippen molar-refractivity contribution in [2.45, 2.75) is 20.0 Å². The predicted octanol–water partition coefficient (Wildman–Crippen LogP) is 6.80. The van der Waals surface area contributed by atoms with E-state index in [4.69, 9.17) is 11.6 Å². The first-order valence-electron chi connectivity index (χ1n) is 11.1. The molecule has 0 spiro atoms. The molecule has 2 heterocycles. The summed E-state index contributed by atoms with van der Waals surface area (Å²) in [5.41, 5.74) is 4.41. The summed E-state index contributed by atoms with van der Waals surface area (Å²) in [7, 11) is 0. The minimum absolute atomic E-state index is 0.0450. The summed E-state index contributed by atoms with van der Waals surface area (Å²) in [4.78, 5) is 37.8. The monoisotopic (exact) mass is 517 g/mol. The van der Waals surface area contributed by atoms with Gasteiger partial charge in [-0.25, -0.2) is 0 Å². The molecule has 1 saturated heterocycles. The maximum atomic E-state index is 13.2. The van der Waals surface area contributed by atoms with Crippen molar-refractivity contribution in [2.75, 3.05) is 0 Å². The predicted molar refractivity (Wildman–Crippen MR) is 142 cm³/mol. The Balaban J connectivity index is 1.47. The number of non-ortho nitro benzene ring substituents is 1. The number of rotatable bonds is 6. The molecule has 3 aromatic carbocycles. The zero-order valence-corrected chi connectivity index (χ0v) is 20.8. The van der Waals surface area contributed by atoms with E-state index in [1.807, 2.05) is 55.5 Å². The van der Waals surface area contributed by atoms with Crippen LogP contribution < -0.4 is 0 Å². The molecule has 9 heteroatoms. The van der Waals surface area contributed by atoms with E-state index in [-0.39, 0.29) is 23.4 Å². The molecule has 1 aliphatic heterocycles. The van der Waals surface area contributed by atoms with Crippen molar-refractivity contribution in [1.82, 2.24) is 9.47 Å². The van der Waals surface area contributed by atoms with Gasteiger partial charge in [0.1, 0.15) is 0 Å². The second-order valence-electron chi connectivity index (χ2n) is 8.39. The zero-order valence-electron chi connectivity index (χ0n) is 19.2. The first kappa shape index (κ1) is 23.8. The minimum atomic E-state index is -0.489. The first-order chi connectivity index (χ1) is 17.3. The third-order valence-electron chi connectivity index (χ3n) is 6.20. The maximum absolute atomic E-state index is 13.2. The van der Waals surface area contributed by atoms with Crippen LogP contribution in [0.1, 0.15) is 22.4 Å². The van der Waals surface area contributed by atoms with Crippen LogP contribution in [-0.2, 0) is 17.9 Å². The lowest BCUT2D eigenvalue weighted by Crippen LogP contribution is -2.27. The fourth-order valence-electron chi connectivity index (χ4n) is 4.31. The standard InChI is InChI=1S/C27H20ClN3O4S/c1-17-22(21-7-3-5-9-24(21)29(17)16-19-6-2-4-8-23(19)28)14-25-26(32)30(27(33)36-25)15-18-10-12-20(13-11-18)31(34)35/h2-14H,15-16H2,1H3/b25-14-. The number of carbonyl (C=O) groups is 2. The number of nitrogens with zero attached hydrogens (tertiary/aromatic N) is 3. The fourth-order valence-corrected chi connectivity index (χ4v) is 5.33. The Morgan fingerprint density at radius 1 is 0.972 bits per heavy atom. The van der Waals surface area contributed by atoms with Crippen LogP contribution in [0.15, 0.2) is 77.7 Å². The Bertz CT molecular complexity index is 1560. The second-order valence-corrected chi connectivity index (χ2v) is 9.79. The van der Waals surface area contributed by atoms with Crippen LogP contribution in [0.2, 0.25) is 5.02 Å². The summed E-state index contributed by atoms with van der Waals surface area (Å²) in [5.74, 6) is -0.384. The summed E-state index contributed by atoms with van der Waals surface area (Å²) in [6.45, 7) is 2.61. The Kier molecular flexibility index (Phi) is 6.38. The van der Waals surface area contributed by atoms with Crippen molar-refractivity contribution in [3.8, 4) is 0 Å². The normalized spacial score (nSPS) is 14.8. The van der Waals surface area contributed by atoms with E-state index in [1.54, 1.807) is 18.2 Å². The number of carbonyl (C=O) groups excluding carboxylic acids is 2. The molecule has 7 nitrogen and oxygen atoms in total. The van der Waals surface area contributed by atoms with Gasteiger partial charge in [-0.2, -0.15) is 0 Å². The van der Waals surface area contributed by atoms with Crippen LogP contribution in [0.3, 0.4) is 0 Å². The molecule has 0 radical (unpaired) electrons. The van der Waals surface area contributed by atoms with Crippen molar-refractivity contribution in [2.24, 2.45) is 0 Å². The number of halogens is 1. The lowest BCUT2D eigenvalue weighted by molar-refractivity contribution is -0.384. The number of hydrogen-bond donors (Lipinski definition) is 0. The number of amides is 2. The fraction of sp³-hybridized carbons (Fsp3) is 0.111. The first-order valence-corrected chi connectivity index (χ1v) is 12.3. The highest BCUT2D eigenvalue weighted by Gasteiger charge is 2.35. The zero-order chi connectivity index (χ0) is 25.4. The average Bonchev–Trinajstić information content (AvgIpc) is 3.29. The Hall–Kier alpha value is -3.88. The van der Waals surface area contributed by atoms with Crippen molar-refractivity contribution >= 4 is 57.2 Å². The number of nitro benzene ring substituents is 1. The minimum Gasteiger partial charge on any atom is -0.340 e. The lowest BCUT2D eigenvalue weighted by atomic mass is 10.1.